The van der Waals surface area contributed by atoms with Gasteiger partial charge in [-0.2, -0.15) is 0 Å². The molecule has 1 aliphatic rings. The number of aryl methyl sites for hydroxylation is 1. The van der Waals surface area contributed by atoms with Crippen molar-refractivity contribution in [3.63, 3.8) is 0 Å². The smallest absolute Gasteiger partial charge is 0.201 e. The summed E-state index contributed by atoms with van der Waals surface area (Å²) in [6, 6.07) is 13.6. The van der Waals surface area contributed by atoms with E-state index >= 15 is 0 Å². The van der Waals surface area contributed by atoms with Crippen molar-refractivity contribution in [3.8, 4) is 11.1 Å². The van der Waals surface area contributed by atoms with Gasteiger partial charge in [-0.05, 0) is 35.6 Å². The van der Waals surface area contributed by atoms with E-state index in [2.05, 4.69) is 12.1 Å². The first-order valence-corrected chi connectivity index (χ1v) is 7.14. The maximum Gasteiger partial charge on any atom is 0.201 e. The zero-order valence-electron chi connectivity index (χ0n) is 11.5. The van der Waals surface area contributed by atoms with Crippen LogP contribution in [0.5, 0.6) is 0 Å². The first-order chi connectivity index (χ1) is 10.3. The maximum absolute atomic E-state index is 12.9. The molecule has 4 rings (SSSR count). The van der Waals surface area contributed by atoms with E-state index in [-0.39, 0.29) is 5.43 Å². The fourth-order valence-electron chi connectivity index (χ4n) is 2.95. The molecule has 0 radical (unpaired) electrons. The van der Waals surface area contributed by atoms with Crippen molar-refractivity contribution in [1.82, 2.24) is 0 Å². The highest BCUT2D eigenvalue weighted by Crippen LogP contribution is 2.28. The van der Waals surface area contributed by atoms with E-state index in [1.807, 2.05) is 42.5 Å². The Bertz CT molecular complexity index is 902. The van der Waals surface area contributed by atoms with E-state index in [1.165, 1.54) is 5.56 Å². The molecule has 0 N–H and O–H groups in total. The van der Waals surface area contributed by atoms with E-state index in [1.54, 1.807) is 6.26 Å². The Morgan fingerprint density at radius 2 is 1.86 bits per heavy atom. The van der Waals surface area contributed by atoms with Crippen LogP contribution in [0.3, 0.4) is 0 Å². The summed E-state index contributed by atoms with van der Waals surface area (Å²) in [5.41, 5.74) is 4.46. The topological polar surface area (TPSA) is 30.2 Å². The maximum atomic E-state index is 12.9. The summed E-state index contributed by atoms with van der Waals surface area (Å²) in [4.78, 5) is 12.9. The van der Waals surface area contributed by atoms with Crippen molar-refractivity contribution in [2.75, 3.05) is 0 Å². The number of rotatable bonds is 1. The second-order valence-corrected chi connectivity index (χ2v) is 5.30. The second kappa shape index (κ2) is 4.74. The van der Waals surface area contributed by atoms with Gasteiger partial charge in [-0.3, -0.25) is 4.79 Å². The van der Waals surface area contributed by atoms with Crippen LogP contribution in [0.2, 0.25) is 0 Å². The monoisotopic (exact) mass is 274 g/mol. The Balaban J connectivity index is 2.08. The summed E-state index contributed by atoms with van der Waals surface area (Å²) in [5, 5.41) is 0.699. The third kappa shape index (κ3) is 1.91. The van der Waals surface area contributed by atoms with Crippen LogP contribution in [0.1, 0.15) is 17.5 Å². The Labute approximate surface area is 122 Å². The molecule has 0 atom stereocenters. The van der Waals surface area contributed by atoms with Crippen molar-refractivity contribution in [3.05, 3.63) is 76.2 Å². The largest absolute Gasteiger partial charge is 0.463 e. The van der Waals surface area contributed by atoms with Crippen LogP contribution in [0, 0.1) is 0 Å². The molecule has 0 spiro atoms. The first-order valence-electron chi connectivity index (χ1n) is 7.14. The molecule has 0 bridgehead atoms. The predicted octanol–water partition coefficient (Wildman–Crippen LogP) is 4.42. The number of fused-ring (bicyclic) bond motifs is 3. The standard InChI is InChI=1S/C19H14O2/c20-19-16(13-6-2-1-3-7-13)12-21-17-11-10-14-8-4-5-9-15(14)18(17)19/h1-3,5-7,9-12H,4,8H2. The van der Waals surface area contributed by atoms with E-state index in [9.17, 15) is 4.79 Å². The Kier molecular flexibility index (Phi) is 2.74. The lowest BCUT2D eigenvalue weighted by molar-refractivity contribution is 0.604. The van der Waals surface area contributed by atoms with Gasteiger partial charge in [0.2, 0.25) is 5.43 Å². The fourth-order valence-corrected chi connectivity index (χ4v) is 2.95. The first kappa shape index (κ1) is 12.2. The van der Waals surface area contributed by atoms with Crippen LogP contribution in [0.25, 0.3) is 28.2 Å². The van der Waals surface area contributed by atoms with Gasteiger partial charge in [-0.1, -0.05) is 48.6 Å². The number of hydrogen-bond donors (Lipinski definition) is 0. The molecule has 1 heterocycles. The molecular formula is C19H14O2. The van der Waals surface area contributed by atoms with Gasteiger partial charge in [0, 0.05) is 0 Å². The molecule has 0 saturated carbocycles. The summed E-state index contributed by atoms with van der Waals surface area (Å²) < 4.78 is 5.71. The minimum absolute atomic E-state index is 0.0471. The molecule has 2 nitrogen and oxygen atoms in total. The van der Waals surface area contributed by atoms with Crippen LogP contribution in [-0.2, 0) is 6.42 Å². The van der Waals surface area contributed by atoms with Crippen LogP contribution >= 0.6 is 0 Å². The van der Waals surface area contributed by atoms with Crippen molar-refractivity contribution < 1.29 is 4.42 Å². The molecule has 0 unspecified atom stereocenters. The van der Waals surface area contributed by atoms with Crippen molar-refractivity contribution in [1.29, 1.82) is 0 Å². The summed E-state index contributed by atoms with van der Waals surface area (Å²) in [7, 11) is 0. The quantitative estimate of drug-likeness (QED) is 0.657. The Morgan fingerprint density at radius 3 is 2.71 bits per heavy atom. The molecule has 0 aliphatic heterocycles. The van der Waals surface area contributed by atoms with Crippen molar-refractivity contribution >= 4 is 17.0 Å². The van der Waals surface area contributed by atoms with Gasteiger partial charge in [0.25, 0.3) is 0 Å². The highest BCUT2D eigenvalue weighted by Gasteiger charge is 2.15. The molecular weight excluding hydrogens is 260 g/mol. The van der Waals surface area contributed by atoms with Gasteiger partial charge in [-0.25, -0.2) is 0 Å². The van der Waals surface area contributed by atoms with Crippen LogP contribution < -0.4 is 5.43 Å². The van der Waals surface area contributed by atoms with E-state index < -0.39 is 0 Å². The lowest BCUT2D eigenvalue weighted by atomic mass is 9.93. The highest BCUT2D eigenvalue weighted by atomic mass is 16.3. The zero-order valence-corrected chi connectivity index (χ0v) is 11.5. The van der Waals surface area contributed by atoms with E-state index in [4.69, 9.17) is 4.42 Å². The summed E-state index contributed by atoms with van der Waals surface area (Å²) >= 11 is 0. The van der Waals surface area contributed by atoms with Crippen LogP contribution in [-0.4, -0.2) is 0 Å². The number of benzene rings is 2. The Morgan fingerprint density at radius 1 is 1.00 bits per heavy atom. The van der Waals surface area contributed by atoms with Crippen molar-refractivity contribution in [2.45, 2.75) is 12.8 Å². The normalized spacial score (nSPS) is 13.3. The molecule has 1 aliphatic carbocycles. The molecule has 2 heteroatoms. The number of hydrogen-bond acceptors (Lipinski definition) is 2. The van der Waals surface area contributed by atoms with E-state index in [0.29, 0.717) is 16.5 Å². The summed E-state index contributed by atoms with van der Waals surface area (Å²) in [6.07, 6.45) is 7.75. The molecule has 102 valence electrons. The number of allylic oxidation sites excluding steroid dienone is 1. The zero-order chi connectivity index (χ0) is 14.2. The van der Waals surface area contributed by atoms with Gasteiger partial charge in [-0.15, -0.1) is 0 Å². The Hall–Kier alpha value is -2.61. The van der Waals surface area contributed by atoms with Crippen molar-refractivity contribution in [2.24, 2.45) is 0 Å². The van der Waals surface area contributed by atoms with E-state index in [0.717, 1.165) is 24.0 Å². The van der Waals surface area contributed by atoms with Gasteiger partial charge in [0.1, 0.15) is 11.8 Å². The molecule has 0 saturated heterocycles. The van der Waals surface area contributed by atoms with Gasteiger partial charge < -0.3 is 4.42 Å². The minimum Gasteiger partial charge on any atom is -0.463 e. The summed E-state index contributed by atoms with van der Waals surface area (Å²) in [6.45, 7) is 0. The second-order valence-electron chi connectivity index (χ2n) is 5.30. The average molecular weight is 274 g/mol. The van der Waals surface area contributed by atoms with Gasteiger partial charge in [0.15, 0.2) is 0 Å². The molecule has 2 aromatic carbocycles. The van der Waals surface area contributed by atoms with Crippen LogP contribution in [0.15, 0.2) is 64.0 Å². The van der Waals surface area contributed by atoms with Crippen LogP contribution in [0.4, 0.5) is 0 Å². The summed E-state index contributed by atoms with van der Waals surface area (Å²) in [5.74, 6) is 0. The predicted molar refractivity (Wildman–Crippen MR) is 85.3 cm³/mol. The molecule has 3 aromatic rings. The molecule has 21 heavy (non-hydrogen) atoms. The molecule has 0 amide bonds. The average Bonchev–Trinajstić information content (AvgIpc) is 2.55. The fraction of sp³-hybridized carbons (Fsp3) is 0.105. The lowest BCUT2D eigenvalue weighted by Crippen LogP contribution is -2.08. The van der Waals surface area contributed by atoms with Gasteiger partial charge >= 0.3 is 0 Å². The van der Waals surface area contributed by atoms with Gasteiger partial charge in [0.05, 0.1) is 10.9 Å². The minimum atomic E-state index is 0.0471. The highest BCUT2D eigenvalue weighted by molar-refractivity contribution is 5.91. The molecule has 1 aromatic heterocycles. The third-order valence-corrected chi connectivity index (χ3v) is 4.02. The SMILES string of the molecule is O=c1c(-c2ccccc2)coc2ccc3c(c12)C=CCC3. The third-order valence-electron chi connectivity index (χ3n) is 4.02. The lowest BCUT2D eigenvalue weighted by Gasteiger charge is -2.12. The molecule has 0 fully saturated rings.